The summed E-state index contributed by atoms with van der Waals surface area (Å²) < 4.78 is 1.42. The van der Waals surface area contributed by atoms with Crippen molar-refractivity contribution in [1.82, 2.24) is 14.8 Å². The van der Waals surface area contributed by atoms with E-state index >= 15 is 0 Å². The molecule has 6 nitrogen and oxygen atoms in total. The molecular weight excluding hydrogens is 290 g/mol. The summed E-state index contributed by atoms with van der Waals surface area (Å²) in [4.78, 5) is 26.0. The van der Waals surface area contributed by atoms with Crippen molar-refractivity contribution < 1.29 is 14.7 Å². The first-order chi connectivity index (χ1) is 10.2. The maximum Gasteiger partial charge on any atom is 0.355 e. The quantitative estimate of drug-likeness (QED) is 0.748. The predicted molar refractivity (Wildman–Crippen MR) is 77.0 cm³/mol. The Balaban J connectivity index is 2.07. The third-order valence-corrected chi connectivity index (χ3v) is 3.65. The lowest BCUT2D eigenvalue weighted by atomic mass is 10.1. The first-order valence-corrected chi connectivity index (χ1v) is 6.86. The van der Waals surface area contributed by atoms with E-state index in [-0.39, 0.29) is 5.69 Å². The second-order valence-electron chi connectivity index (χ2n) is 4.18. The minimum Gasteiger partial charge on any atom is -0.476 e. The molecule has 0 fully saturated rings. The number of carbonyl (C=O) groups is 2. The Morgan fingerprint density at radius 1 is 1.29 bits per heavy atom. The van der Waals surface area contributed by atoms with E-state index in [1.54, 1.807) is 6.20 Å². The summed E-state index contributed by atoms with van der Waals surface area (Å²) in [5, 5.41) is 15.1. The van der Waals surface area contributed by atoms with Gasteiger partial charge in [-0.15, -0.1) is 11.3 Å². The molecule has 0 saturated heterocycles. The maximum absolute atomic E-state index is 11.2. The number of aromatic carboxylic acids is 1. The zero-order chi connectivity index (χ0) is 14.8. The van der Waals surface area contributed by atoms with E-state index in [0.717, 1.165) is 23.2 Å². The van der Waals surface area contributed by atoms with Gasteiger partial charge in [0.15, 0.2) is 12.0 Å². The van der Waals surface area contributed by atoms with Crippen LogP contribution in [0.25, 0.3) is 16.4 Å². The van der Waals surface area contributed by atoms with E-state index in [9.17, 15) is 9.59 Å². The van der Waals surface area contributed by atoms with E-state index in [4.69, 9.17) is 5.11 Å². The Morgan fingerprint density at radius 3 is 2.67 bits per heavy atom. The van der Waals surface area contributed by atoms with Gasteiger partial charge in [-0.2, -0.15) is 5.10 Å². The van der Waals surface area contributed by atoms with Crippen LogP contribution in [-0.4, -0.2) is 32.1 Å². The number of hydrogen-bond donors (Lipinski definition) is 1. The summed E-state index contributed by atoms with van der Waals surface area (Å²) in [6.07, 6.45) is 2.26. The SMILES string of the molecule is O=Cc1cn(-c2nc(C(=O)O)cs2)nc1-c1ccccc1. The molecule has 0 bridgehead atoms. The van der Waals surface area contributed by atoms with Gasteiger partial charge in [-0.3, -0.25) is 4.79 Å². The summed E-state index contributed by atoms with van der Waals surface area (Å²) in [5.74, 6) is -1.09. The number of hydrogen-bond acceptors (Lipinski definition) is 5. The number of benzene rings is 1. The lowest BCUT2D eigenvalue weighted by molar-refractivity contribution is 0.0691. The maximum atomic E-state index is 11.2. The van der Waals surface area contributed by atoms with Crippen molar-refractivity contribution in [3.63, 3.8) is 0 Å². The highest BCUT2D eigenvalue weighted by Crippen LogP contribution is 2.23. The fraction of sp³-hybridized carbons (Fsp3) is 0. The summed E-state index contributed by atoms with van der Waals surface area (Å²) >= 11 is 1.15. The lowest BCUT2D eigenvalue weighted by Gasteiger charge is -1.96. The Hall–Kier alpha value is -2.80. The minimum atomic E-state index is -1.09. The molecule has 104 valence electrons. The zero-order valence-corrected chi connectivity index (χ0v) is 11.4. The van der Waals surface area contributed by atoms with Gasteiger partial charge < -0.3 is 5.11 Å². The lowest BCUT2D eigenvalue weighted by Crippen LogP contribution is -1.99. The van der Waals surface area contributed by atoms with Crippen LogP contribution in [0.15, 0.2) is 41.9 Å². The average Bonchev–Trinajstić information content (AvgIpc) is 3.14. The third kappa shape index (κ3) is 2.46. The standard InChI is InChI=1S/C14H9N3O3S/c18-7-10-6-17(14-15-11(8-21-14)13(19)20)16-12(10)9-4-2-1-3-5-9/h1-8H,(H,19,20). The molecule has 0 aliphatic carbocycles. The summed E-state index contributed by atoms with van der Waals surface area (Å²) in [6, 6.07) is 9.29. The molecule has 3 rings (SSSR count). The van der Waals surface area contributed by atoms with Crippen LogP contribution < -0.4 is 0 Å². The topological polar surface area (TPSA) is 85.1 Å². The Bertz CT molecular complexity index is 808. The van der Waals surface area contributed by atoms with Crippen molar-refractivity contribution in [1.29, 1.82) is 0 Å². The van der Waals surface area contributed by atoms with Gasteiger partial charge in [-0.1, -0.05) is 30.3 Å². The third-order valence-electron chi connectivity index (χ3n) is 2.82. The van der Waals surface area contributed by atoms with Crippen LogP contribution in [0.2, 0.25) is 0 Å². The van der Waals surface area contributed by atoms with E-state index in [2.05, 4.69) is 10.1 Å². The molecule has 0 aliphatic rings. The largest absolute Gasteiger partial charge is 0.476 e. The van der Waals surface area contributed by atoms with Crippen LogP contribution in [0, 0.1) is 0 Å². The molecule has 3 aromatic rings. The molecule has 21 heavy (non-hydrogen) atoms. The van der Waals surface area contributed by atoms with E-state index in [0.29, 0.717) is 16.4 Å². The van der Waals surface area contributed by atoms with Gasteiger partial charge in [-0.05, 0) is 0 Å². The van der Waals surface area contributed by atoms with Gasteiger partial charge in [0.1, 0.15) is 5.69 Å². The molecule has 0 radical (unpaired) electrons. The van der Waals surface area contributed by atoms with Crippen molar-refractivity contribution in [2.45, 2.75) is 0 Å². The number of carbonyl (C=O) groups excluding carboxylic acids is 1. The van der Waals surface area contributed by atoms with Crippen molar-refractivity contribution in [2.24, 2.45) is 0 Å². The van der Waals surface area contributed by atoms with Crippen LogP contribution in [-0.2, 0) is 0 Å². The van der Waals surface area contributed by atoms with Crippen LogP contribution >= 0.6 is 11.3 Å². The van der Waals surface area contributed by atoms with E-state index in [1.165, 1.54) is 10.1 Å². The fourth-order valence-corrected chi connectivity index (χ4v) is 2.58. The van der Waals surface area contributed by atoms with E-state index < -0.39 is 5.97 Å². The molecule has 0 aliphatic heterocycles. The summed E-state index contributed by atoms with van der Waals surface area (Å²) in [7, 11) is 0. The molecule has 2 heterocycles. The Labute approximate surface area is 123 Å². The normalized spacial score (nSPS) is 10.5. The fourth-order valence-electron chi connectivity index (χ4n) is 1.86. The number of carboxylic acid groups (broad SMARTS) is 1. The van der Waals surface area contributed by atoms with E-state index in [1.807, 2.05) is 30.3 Å². The molecule has 0 saturated carbocycles. The molecule has 7 heteroatoms. The van der Waals surface area contributed by atoms with Gasteiger partial charge in [-0.25, -0.2) is 14.5 Å². The molecule has 0 spiro atoms. The highest BCUT2D eigenvalue weighted by atomic mass is 32.1. The van der Waals surface area contributed by atoms with Crippen molar-refractivity contribution in [3.05, 3.63) is 53.2 Å². The molecular formula is C14H9N3O3S. The predicted octanol–water partition coefficient (Wildman–Crippen LogP) is 2.51. The van der Waals surface area contributed by atoms with Gasteiger partial charge in [0.25, 0.3) is 0 Å². The molecule has 1 N–H and O–H groups in total. The summed E-state index contributed by atoms with van der Waals surface area (Å²) in [6.45, 7) is 0. The minimum absolute atomic E-state index is 0.0422. The number of carboxylic acids is 1. The molecule has 0 amide bonds. The Kier molecular flexibility index (Phi) is 3.33. The Morgan fingerprint density at radius 2 is 2.05 bits per heavy atom. The van der Waals surface area contributed by atoms with Crippen LogP contribution in [0.3, 0.4) is 0 Å². The second kappa shape index (κ2) is 5.29. The number of nitrogens with zero attached hydrogens (tertiary/aromatic N) is 3. The smallest absolute Gasteiger partial charge is 0.355 e. The molecule has 2 aromatic heterocycles. The molecule has 0 atom stereocenters. The number of rotatable bonds is 4. The number of thiazole rings is 1. The average molecular weight is 299 g/mol. The zero-order valence-electron chi connectivity index (χ0n) is 10.6. The molecule has 0 unspecified atom stereocenters. The molecule has 1 aromatic carbocycles. The van der Waals surface area contributed by atoms with Crippen LogP contribution in [0.4, 0.5) is 0 Å². The first kappa shape index (κ1) is 13.2. The van der Waals surface area contributed by atoms with Crippen molar-refractivity contribution in [3.8, 4) is 16.4 Å². The van der Waals surface area contributed by atoms with Crippen LogP contribution in [0.1, 0.15) is 20.8 Å². The number of aromatic nitrogens is 3. The second-order valence-corrected chi connectivity index (χ2v) is 5.02. The van der Waals surface area contributed by atoms with Gasteiger partial charge in [0.2, 0.25) is 5.13 Å². The highest BCUT2D eigenvalue weighted by Gasteiger charge is 2.15. The summed E-state index contributed by atoms with van der Waals surface area (Å²) in [5.41, 5.74) is 1.73. The first-order valence-electron chi connectivity index (χ1n) is 5.98. The van der Waals surface area contributed by atoms with Gasteiger partial charge in [0, 0.05) is 17.1 Å². The van der Waals surface area contributed by atoms with Crippen molar-refractivity contribution >= 4 is 23.6 Å². The van der Waals surface area contributed by atoms with Gasteiger partial charge in [0.05, 0.1) is 5.56 Å². The van der Waals surface area contributed by atoms with Crippen LogP contribution in [0.5, 0.6) is 0 Å². The monoisotopic (exact) mass is 299 g/mol. The van der Waals surface area contributed by atoms with Crippen molar-refractivity contribution in [2.75, 3.05) is 0 Å². The van der Waals surface area contributed by atoms with Gasteiger partial charge >= 0.3 is 5.97 Å². The highest BCUT2D eigenvalue weighted by molar-refractivity contribution is 7.12. The number of aldehydes is 1.